The van der Waals surface area contributed by atoms with E-state index in [-0.39, 0.29) is 25.9 Å². The predicted octanol–water partition coefficient (Wildman–Crippen LogP) is 2.85. The fraction of sp³-hybridized carbons (Fsp3) is 0.263. The molecule has 5 rings (SSSR count). The van der Waals surface area contributed by atoms with Gasteiger partial charge in [0.05, 0.1) is 16.6 Å². The highest BCUT2D eigenvalue weighted by Crippen LogP contribution is 2.37. The number of carbonyl (C=O) groups is 1. The minimum Gasteiger partial charge on any atom is -0.454 e. The third-order valence-corrected chi connectivity index (χ3v) is 5.55. The molecule has 0 aliphatic carbocycles. The van der Waals surface area contributed by atoms with Gasteiger partial charge in [0, 0.05) is 18.7 Å². The molecule has 8 heteroatoms. The number of aryl methyl sites for hydroxylation is 1. The fourth-order valence-corrected chi connectivity index (χ4v) is 4.34. The summed E-state index contributed by atoms with van der Waals surface area (Å²) in [5, 5.41) is 0. The van der Waals surface area contributed by atoms with Crippen molar-refractivity contribution in [1.82, 2.24) is 4.57 Å². The highest BCUT2D eigenvalue weighted by Gasteiger charge is 2.18. The van der Waals surface area contributed by atoms with Gasteiger partial charge in [-0.25, -0.2) is 0 Å². The summed E-state index contributed by atoms with van der Waals surface area (Å²) in [5.41, 5.74) is 1.83. The lowest BCUT2D eigenvalue weighted by molar-refractivity contribution is -0.117. The number of amides is 1. The number of thiazole rings is 1. The van der Waals surface area contributed by atoms with E-state index in [2.05, 4.69) is 4.99 Å². The minimum atomic E-state index is -0.206. The lowest BCUT2D eigenvalue weighted by Crippen LogP contribution is -2.16. The Morgan fingerprint density at radius 1 is 1.04 bits per heavy atom. The topological polar surface area (TPSA) is 71.3 Å². The van der Waals surface area contributed by atoms with Crippen LogP contribution in [0, 0.1) is 0 Å². The van der Waals surface area contributed by atoms with E-state index in [9.17, 15) is 4.79 Å². The van der Waals surface area contributed by atoms with Gasteiger partial charge in [0.1, 0.15) is 0 Å². The van der Waals surface area contributed by atoms with E-state index in [1.165, 1.54) is 11.3 Å². The zero-order valence-electron chi connectivity index (χ0n) is 14.6. The van der Waals surface area contributed by atoms with Crippen LogP contribution in [0.5, 0.6) is 23.0 Å². The molecule has 2 aliphatic rings. The van der Waals surface area contributed by atoms with Crippen molar-refractivity contribution in [2.75, 3.05) is 13.6 Å². The van der Waals surface area contributed by atoms with E-state index in [1.807, 2.05) is 41.8 Å². The molecule has 7 nitrogen and oxygen atoms in total. The van der Waals surface area contributed by atoms with Gasteiger partial charge in [0.25, 0.3) is 5.91 Å². The van der Waals surface area contributed by atoms with Gasteiger partial charge in [-0.05, 0) is 24.6 Å². The summed E-state index contributed by atoms with van der Waals surface area (Å²) in [6.45, 7) is 3.19. The van der Waals surface area contributed by atoms with Crippen LogP contribution >= 0.6 is 11.3 Å². The van der Waals surface area contributed by atoms with E-state index in [0.29, 0.717) is 22.8 Å². The molecule has 0 radical (unpaired) electrons. The zero-order valence-corrected chi connectivity index (χ0v) is 15.4. The first-order valence-electron chi connectivity index (χ1n) is 8.60. The summed E-state index contributed by atoms with van der Waals surface area (Å²) in [6.07, 6.45) is 0.206. The van der Waals surface area contributed by atoms with E-state index < -0.39 is 0 Å². The van der Waals surface area contributed by atoms with Gasteiger partial charge in [-0.15, -0.1) is 0 Å². The Bertz CT molecular complexity index is 1130. The number of hydrogen-bond acceptors (Lipinski definition) is 6. The molecule has 2 aromatic carbocycles. The van der Waals surface area contributed by atoms with Crippen LogP contribution in [0.15, 0.2) is 35.3 Å². The molecule has 1 aromatic heterocycles. The highest BCUT2D eigenvalue weighted by molar-refractivity contribution is 7.16. The number of fused-ring (bicyclic) bond motifs is 3. The standard InChI is InChI=1S/C19H16N2O5S/c1-2-21-12-7-15-16(26-10-25-15)8-17(12)27-19(21)20-18(22)6-11-3-4-13-14(5-11)24-9-23-13/h3-5,7-8H,2,6,9-10H2,1H3. The molecule has 0 atom stereocenters. The Kier molecular flexibility index (Phi) is 3.78. The third-order valence-electron chi connectivity index (χ3n) is 4.51. The monoisotopic (exact) mass is 384 g/mol. The van der Waals surface area contributed by atoms with Crippen LogP contribution in [-0.2, 0) is 17.8 Å². The number of ether oxygens (including phenoxy) is 4. The van der Waals surface area contributed by atoms with Crippen LogP contribution in [0.4, 0.5) is 0 Å². The van der Waals surface area contributed by atoms with Gasteiger partial charge in [0.2, 0.25) is 13.6 Å². The van der Waals surface area contributed by atoms with Crippen molar-refractivity contribution in [3.05, 3.63) is 40.7 Å². The van der Waals surface area contributed by atoms with Crippen LogP contribution in [0.25, 0.3) is 10.2 Å². The molecule has 3 aromatic rings. The second kappa shape index (κ2) is 6.31. The van der Waals surface area contributed by atoms with Crippen LogP contribution in [-0.4, -0.2) is 24.1 Å². The Balaban J connectivity index is 1.48. The van der Waals surface area contributed by atoms with Gasteiger partial charge in [0.15, 0.2) is 27.8 Å². The van der Waals surface area contributed by atoms with E-state index in [0.717, 1.165) is 27.3 Å². The van der Waals surface area contributed by atoms with Crippen molar-refractivity contribution in [2.24, 2.45) is 4.99 Å². The SMILES string of the molecule is CCn1c(=NC(=O)Cc2ccc3c(c2)OCO3)sc2cc3c(cc21)OCO3. The maximum absolute atomic E-state index is 12.5. The van der Waals surface area contributed by atoms with E-state index in [4.69, 9.17) is 18.9 Å². The first-order chi connectivity index (χ1) is 13.2. The maximum Gasteiger partial charge on any atom is 0.252 e. The van der Waals surface area contributed by atoms with Gasteiger partial charge < -0.3 is 23.5 Å². The van der Waals surface area contributed by atoms with E-state index in [1.54, 1.807) is 0 Å². The Labute approximate surface area is 158 Å². The number of aromatic nitrogens is 1. The molecule has 2 aliphatic heterocycles. The third kappa shape index (κ3) is 2.82. The first kappa shape index (κ1) is 16.2. The lowest BCUT2D eigenvalue weighted by atomic mass is 10.1. The number of carbonyl (C=O) groups excluding carboxylic acids is 1. The van der Waals surface area contributed by atoms with Gasteiger partial charge in [-0.3, -0.25) is 4.79 Å². The molecule has 0 saturated heterocycles. The van der Waals surface area contributed by atoms with E-state index >= 15 is 0 Å². The summed E-state index contributed by atoms with van der Waals surface area (Å²) in [5.74, 6) is 2.61. The molecule has 27 heavy (non-hydrogen) atoms. The lowest BCUT2D eigenvalue weighted by Gasteiger charge is -2.02. The molecule has 0 saturated carbocycles. The molecule has 0 fully saturated rings. The average molecular weight is 384 g/mol. The summed E-state index contributed by atoms with van der Waals surface area (Å²) in [6, 6.07) is 9.39. The predicted molar refractivity (Wildman–Crippen MR) is 98.5 cm³/mol. The molecule has 0 N–H and O–H groups in total. The number of hydrogen-bond donors (Lipinski definition) is 0. The molecule has 0 spiro atoms. The van der Waals surface area contributed by atoms with Gasteiger partial charge in [-0.1, -0.05) is 17.4 Å². The Hall–Kier alpha value is -3.00. The van der Waals surface area contributed by atoms with Crippen molar-refractivity contribution in [3.8, 4) is 23.0 Å². The second-order valence-corrected chi connectivity index (χ2v) is 7.18. The van der Waals surface area contributed by atoms with Crippen molar-refractivity contribution in [3.63, 3.8) is 0 Å². The Morgan fingerprint density at radius 3 is 2.52 bits per heavy atom. The van der Waals surface area contributed by atoms with Gasteiger partial charge in [-0.2, -0.15) is 4.99 Å². The van der Waals surface area contributed by atoms with Crippen LogP contribution < -0.4 is 23.7 Å². The number of nitrogens with zero attached hydrogens (tertiary/aromatic N) is 2. The number of rotatable bonds is 3. The molecule has 3 heterocycles. The maximum atomic E-state index is 12.5. The summed E-state index contributed by atoms with van der Waals surface area (Å²) in [4.78, 5) is 17.5. The van der Waals surface area contributed by atoms with Crippen LogP contribution in [0.3, 0.4) is 0 Å². The fourth-order valence-electron chi connectivity index (χ4n) is 3.22. The normalized spacial score (nSPS) is 14.9. The Morgan fingerprint density at radius 2 is 1.74 bits per heavy atom. The highest BCUT2D eigenvalue weighted by atomic mass is 32.1. The van der Waals surface area contributed by atoms with Crippen molar-refractivity contribution < 1.29 is 23.7 Å². The van der Waals surface area contributed by atoms with Crippen molar-refractivity contribution >= 4 is 27.5 Å². The molecule has 138 valence electrons. The quantitative estimate of drug-likeness (QED) is 0.694. The number of benzene rings is 2. The molecular weight excluding hydrogens is 368 g/mol. The molecule has 1 amide bonds. The summed E-state index contributed by atoms with van der Waals surface area (Å²) >= 11 is 1.47. The largest absolute Gasteiger partial charge is 0.454 e. The smallest absolute Gasteiger partial charge is 0.252 e. The average Bonchev–Trinajstić information content (AvgIpc) is 3.36. The molecular formula is C19H16N2O5S. The van der Waals surface area contributed by atoms with Crippen LogP contribution in [0.1, 0.15) is 12.5 Å². The first-order valence-corrected chi connectivity index (χ1v) is 9.42. The minimum absolute atomic E-state index is 0.206. The zero-order chi connectivity index (χ0) is 18.4. The summed E-state index contributed by atoms with van der Waals surface area (Å²) < 4.78 is 24.6. The van der Waals surface area contributed by atoms with Crippen molar-refractivity contribution in [2.45, 2.75) is 19.9 Å². The molecule has 0 bridgehead atoms. The summed E-state index contributed by atoms with van der Waals surface area (Å²) in [7, 11) is 0. The van der Waals surface area contributed by atoms with Gasteiger partial charge >= 0.3 is 0 Å². The van der Waals surface area contributed by atoms with Crippen LogP contribution in [0.2, 0.25) is 0 Å². The second-order valence-electron chi connectivity index (χ2n) is 6.17. The van der Waals surface area contributed by atoms with Crippen molar-refractivity contribution in [1.29, 1.82) is 0 Å². The molecule has 0 unspecified atom stereocenters.